The van der Waals surface area contributed by atoms with Gasteiger partial charge in [-0.05, 0) is 17.7 Å². The van der Waals surface area contributed by atoms with E-state index in [1.165, 1.54) is 0 Å². The quantitative estimate of drug-likeness (QED) is 0.482. The Balaban J connectivity index is 2.20. The predicted molar refractivity (Wildman–Crippen MR) is 62.7 cm³/mol. The van der Waals surface area contributed by atoms with Crippen LogP contribution in [0.4, 0.5) is 0 Å². The molecule has 0 saturated heterocycles. The van der Waals surface area contributed by atoms with Gasteiger partial charge in [-0.2, -0.15) is 0 Å². The molecule has 1 N–H and O–H groups in total. The molecule has 0 unspecified atom stereocenters. The topological polar surface area (TPSA) is 45.5 Å². The Bertz CT molecular complexity index is 466. The molecule has 1 aromatic heterocycles. The first-order valence-electron chi connectivity index (χ1n) is 5.06. The van der Waals surface area contributed by atoms with Gasteiger partial charge in [0.1, 0.15) is 5.71 Å². The third-order valence-corrected chi connectivity index (χ3v) is 2.30. The van der Waals surface area contributed by atoms with E-state index in [0.29, 0.717) is 17.8 Å². The van der Waals surface area contributed by atoms with Gasteiger partial charge in [0, 0.05) is 12.6 Å². The van der Waals surface area contributed by atoms with E-state index in [4.69, 9.17) is 5.21 Å². The first kappa shape index (κ1) is 10.4. The average Bonchev–Trinajstić information content (AvgIpc) is 2.38. The van der Waals surface area contributed by atoms with E-state index in [2.05, 4.69) is 10.1 Å². The number of benzene rings is 1. The van der Waals surface area contributed by atoms with Crippen LogP contribution in [0.2, 0.25) is 0 Å². The van der Waals surface area contributed by atoms with Gasteiger partial charge in [-0.3, -0.25) is 4.98 Å². The van der Waals surface area contributed by atoms with Gasteiger partial charge < -0.3 is 5.21 Å². The Hall–Kier alpha value is -2.16. The van der Waals surface area contributed by atoms with Gasteiger partial charge in [-0.1, -0.05) is 41.6 Å². The molecule has 2 rings (SSSR count). The minimum atomic E-state index is 0.576. The smallest absolute Gasteiger partial charge is 0.109 e. The SMILES string of the molecule is O/N=C(/Cc1ccccc1)c1ccccn1. The Kier molecular flexibility index (Phi) is 3.28. The molecule has 0 amide bonds. The molecule has 3 heteroatoms. The maximum Gasteiger partial charge on any atom is 0.109 e. The fraction of sp³-hybridized carbons (Fsp3) is 0.0769. The van der Waals surface area contributed by atoms with Crippen LogP contribution in [0.25, 0.3) is 0 Å². The second-order valence-corrected chi connectivity index (χ2v) is 3.42. The Morgan fingerprint density at radius 3 is 2.44 bits per heavy atom. The predicted octanol–water partition coefficient (Wildman–Crippen LogP) is 2.50. The molecule has 2 aromatic rings. The maximum absolute atomic E-state index is 8.99. The minimum Gasteiger partial charge on any atom is -0.411 e. The number of rotatable bonds is 3. The van der Waals surface area contributed by atoms with Crippen LogP contribution in [0.3, 0.4) is 0 Å². The van der Waals surface area contributed by atoms with Crippen molar-refractivity contribution in [2.45, 2.75) is 6.42 Å². The highest BCUT2D eigenvalue weighted by atomic mass is 16.4. The summed E-state index contributed by atoms with van der Waals surface area (Å²) in [5.41, 5.74) is 2.38. The van der Waals surface area contributed by atoms with Gasteiger partial charge in [0.15, 0.2) is 0 Å². The molecule has 0 saturated carbocycles. The zero-order valence-electron chi connectivity index (χ0n) is 8.74. The van der Waals surface area contributed by atoms with Crippen LogP contribution in [0.1, 0.15) is 11.3 Å². The summed E-state index contributed by atoms with van der Waals surface area (Å²) < 4.78 is 0. The Morgan fingerprint density at radius 2 is 1.81 bits per heavy atom. The highest BCUT2D eigenvalue weighted by molar-refractivity contribution is 5.99. The lowest BCUT2D eigenvalue weighted by molar-refractivity contribution is 0.318. The second kappa shape index (κ2) is 5.07. The maximum atomic E-state index is 8.99. The largest absolute Gasteiger partial charge is 0.411 e. The third-order valence-electron chi connectivity index (χ3n) is 2.30. The molecule has 0 aliphatic heterocycles. The summed E-state index contributed by atoms with van der Waals surface area (Å²) >= 11 is 0. The summed E-state index contributed by atoms with van der Waals surface area (Å²) in [6.45, 7) is 0. The number of hydrogen-bond acceptors (Lipinski definition) is 3. The zero-order valence-corrected chi connectivity index (χ0v) is 8.74. The van der Waals surface area contributed by atoms with Crippen molar-refractivity contribution in [3.63, 3.8) is 0 Å². The molecule has 1 aromatic carbocycles. The molecule has 0 aliphatic rings. The summed E-state index contributed by atoms with van der Waals surface area (Å²) in [5, 5.41) is 12.3. The van der Waals surface area contributed by atoms with Crippen LogP contribution in [0.15, 0.2) is 59.9 Å². The molecule has 0 spiro atoms. The number of nitrogens with zero attached hydrogens (tertiary/aromatic N) is 2. The van der Waals surface area contributed by atoms with Crippen molar-refractivity contribution in [1.82, 2.24) is 4.98 Å². The van der Waals surface area contributed by atoms with Crippen LogP contribution in [-0.4, -0.2) is 15.9 Å². The van der Waals surface area contributed by atoms with Gasteiger partial charge in [0.25, 0.3) is 0 Å². The molecule has 0 radical (unpaired) electrons. The van der Waals surface area contributed by atoms with E-state index in [9.17, 15) is 0 Å². The highest BCUT2D eigenvalue weighted by Crippen LogP contribution is 2.06. The van der Waals surface area contributed by atoms with Gasteiger partial charge >= 0.3 is 0 Å². The lowest BCUT2D eigenvalue weighted by atomic mass is 10.1. The molecule has 0 fully saturated rings. The standard InChI is InChI=1S/C13H12N2O/c16-15-13(12-8-4-5-9-14-12)10-11-6-2-1-3-7-11/h1-9,16H,10H2/b15-13-. The molecule has 80 valence electrons. The van der Waals surface area contributed by atoms with E-state index < -0.39 is 0 Å². The van der Waals surface area contributed by atoms with E-state index >= 15 is 0 Å². The summed E-state index contributed by atoms with van der Waals surface area (Å²) in [4.78, 5) is 4.16. The van der Waals surface area contributed by atoms with Crippen molar-refractivity contribution >= 4 is 5.71 Å². The lowest BCUT2D eigenvalue weighted by Crippen LogP contribution is -2.07. The van der Waals surface area contributed by atoms with Crippen molar-refractivity contribution in [3.8, 4) is 0 Å². The molecule has 0 bridgehead atoms. The summed E-state index contributed by atoms with van der Waals surface area (Å²) in [6, 6.07) is 15.4. The van der Waals surface area contributed by atoms with Crippen LogP contribution < -0.4 is 0 Å². The van der Waals surface area contributed by atoms with Crippen molar-refractivity contribution in [2.75, 3.05) is 0 Å². The van der Waals surface area contributed by atoms with Crippen LogP contribution in [0.5, 0.6) is 0 Å². The monoisotopic (exact) mass is 212 g/mol. The second-order valence-electron chi connectivity index (χ2n) is 3.42. The third kappa shape index (κ3) is 2.45. The van der Waals surface area contributed by atoms with Crippen molar-refractivity contribution in [1.29, 1.82) is 0 Å². The molecule has 16 heavy (non-hydrogen) atoms. The molecular formula is C13H12N2O. The summed E-state index contributed by atoms with van der Waals surface area (Å²) in [5.74, 6) is 0. The van der Waals surface area contributed by atoms with Gasteiger partial charge in [-0.25, -0.2) is 0 Å². The van der Waals surface area contributed by atoms with Gasteiger partial charge in [-0.15, -0.1) is 0 Å². The summed E-state index contributed by atoms with van der Waals surface area (Å²) in [7, 11) is 0. The molecular weight excluding hydrogens is 200 g/mol. The van der Waals surface area contributed by atoms with E-state index in [-0.39, 0.29) is 0 Å². The molecule has 3 nitrogen and oxygen atoms in total. The van der Waals surface area contributed by atoms with Crippen molar-refractivity contribution in [2.24, 2.45) is 5.16 Å². The van der Waals surface area contributed by atoms with E-state index in [0.717, 1.165) is 5.56 Å². The molecule has 0 aliphatic carbocycles. The first-order valence-corrected chi connectivity index (χ1v) is 5.06. The lowest BCUT2D eigenvalue weighted by Gasteiger charge is -2.03. The molecule has 1 heterocycles. The van der Waals surface area contributed by atoms with Crippen LogP contribution in [-0.2, 0) is 6.42 Å². The number of pyridine rings is 1. The summed E-state index contributed by atoms with van der Waals surface area (Å²) in [6.07, 6.45) is 2.26. The number of hydrogen-bond donors (Lipinski definition) is 1. The minimum absolute atomic E-state index is 0.576. The number of oxime groups is 1. The van der Waals surface area contributed by atoms with Crippen LogP contribution >= 0.6 is 0 Å². The Morgan fingerprint density at radius 1 is 1.06 bits per heavy atom. The highest BCUT2D eigenvalue weighted by Gasteiger charge is 2.05. The fourth-order valence-electron chi connectivity index (χ4n) is 1.50. The first-order chi connectivity index (χ1) is 7.90. The van der Waals surface area contributed by atoms with E-state index in [1.54, 1.807) is 6.20 Å². The van der Waals surface area contributed by atoms with Crippen molar-refractivity contribution < 1.29 is 5.21 Å². The zero-order chi connectivity index (χ0) is 11.2. The van der Waals surface area contributed by atoms with Crippen LogP contribution in [0, 0.1) is 0 Å². The van der Waals surface area contributed by atoms with Gasteiger partial charge in [0.05, 0.1) is 5.69 Å². The van der Waals surface area contributed by atoms with Crippen molar-refractivity contribution in [3.05, 3.63) is 66.0 Å². The normalized spacial score (nSPS) is 11.4. The average molecular weight is 212 g/mol. The van der Waals surface area contributed by atoms with E-state index in [1.807, 2.05) is 48.5 Å². The number of aromatic nitrogens is 1. The molecule has 0 atom stereocenters. The fourth-order valence-corrected chi connectivity index (χ4v) is 1.50. The van der Waals surface area contributed by atoms with Gasteiger partial charge in [0.2, 0.25) is 0 Å². The Labute approximate surface area is 94.1 Å².